The Hall–Kier alpha value is -2.24. The molecule has 0 aliphatic heterocycles. The highest BCUT2D eigenvalue weighted by Gasteiger charge is 2.10. The van der Waals surface area contributed by atoms with Gasteiger partial charge in [0.15, 0.2) is 0 Å². The Kier molecular flexibility index (Phi) is 4.46. The maximum Gasteiger partial charge on any atom is 0.125 e. The zero-order chi connectivity index (χ0) is 15.4. The van der Waals surface area contributed by atoms with Crippen LogP contribution in [0.4, 0.5) is 4.39 Å². The average Bonchev–Trinajstić information content (AvgIpc) is 2.94. The van der Waals surface area contributed by atoms with Crippen LogP contribution in [0, 0.1) is 5.82 Å². The molecule has 2 aromatic heterocycles. The van der Waals surface area contributed by atoms with Gasteiger partial charge in [-0.15, -0.1) is 0 Å². The molecule has 1 aromatic carbocycles. The summed E-state index contributed by atoms with van der Waals surface area (Å²) in [5.41, 5.74) is 2.79. The number of rotatable bonds is 6. The summed E-state index contributed by atoms with van der Waals surface area (Å²) in [7, 11) is 0. The number of pyridine rings is 1. The van der Waals surface area contributed by atoms with Gasteiger partial charge in [0, 0.05) is 42.6 Å². The third kappa shape index (κ3) is 3.32. The molecular formula is C17H18FN3O. The molecule has 0 saturated heterocycles. The molecule has 4 nitrogen and oxygen atoms in total. The summed E-state index contributed by atoms with van der Waals surface area (Å²) < 4.78 is 13.2. The fraction of sp³-hybridized carbons (Fsp3) is 0.235. The number of aromatic nitrogens is 2. The van der Waals surface area contributed by atoms with Gasteiger partial charge in [0.2, 0.25) is 0 Å². The fourth-order valence-electron chi connectivity index (χ4n) is 2.54. The summed E-state index contributed by atoms with van der Waals surface area (Å²) in [5.74, 6) is -0.235. The molecule has 0 spiro atoms. The van der Waals surface area contributed by atoms with Gasteiger partial charge in [0.25, 0.3) is 0 Å². The van der Waals surface area contributed by atoms with Crippen molar-refractivity contribution < 1.29 is 9.50 Å². The molecule has 3 N–H and O–H groups in total. The van der Waals surface area contributed by atoms with Gasteiger partial charge >= 0.3 is 0 Å². The molecule has 114 valence electrons. The molecule has 3 rings (SSSR count). The van der Waals surface area contributed by atoms with Gasteiger partial charge in [-0.25, -0.2) is 4.39 Å². The topological polar surface area (TPSA) is 60.9 Å². The third-order valence-electron chi connectivity index (χ3n) is 3.72. The molecule has 5 heteroatoms. The monoisotopic (exact) mass is 299 g/mol. The second kappa shape index (κ2) is 6.68. The summed E-state index contributed by atoms with van der Waals surface area (Å²) in [6, 6.07) is 10.5. The van der Waals surface area contributed by atoms with Crippen LogP contribution in [0.3, 0.4) is 0 Å². The largest absolute Gasteiger partial charge is 0.396 e. The SMILES string of the molecule is OCC(CNCc1cc2ccc(F)cc2[nH]1)c1cccnc1. The van der Waals surface area contributed by atoms with Crippen LogP contribution in [0.15, 0.2) is 48.8 Å². The van der Waals surface area contributed by atoms with E-state index in [1.54, 1.807) is 18.5 Å². The molecule has 0 radical (unpaired) electrons. The van der Waals surface area contributed by atoms with E-state index in [-0.39, 0.29) is 18.3 Å². The molecule has 0 saturated carbocycles. The lowest BCUT2D eigenvalue weighted by atomic mass is 10.0. The van der Waals surface area contributed by atoms with Gasteiger partial charge in [0.1, 0.15) is 5.82 Å². The molecule has 0 amide bonds. The van der Waals surface area contributed by atoms with E-state index in [9.17, 15) is 9.50 Å². The lowest BCUT2D eigenvalue weighted by molar-refractivity contribution is 0.261. The number of aromatic amines is 1. The standard InChI is InChI=1S/C17H18FN3O/c18-15-4-3-12-6-16(21-17(12)7-15)10-20-9-14(11-22)13-2-1-5-19-8-13/h1-8,14,20-22H,9-11H2. The van der Waals surface area contributed by atoms with Crippen molar-refractivity contribution >= 4 is 10.9 Å². The minimum atomic E-state index is -0.245. The quantitative estimate of drug-likeness (QED) is 0.655. The van der Waals surface area contributed by atoms with Crippen molar-refractivity contribution in [1.82, 2.24) is 15.3 Å². The van der Waals surface area contributed by atoms with E-state index >= 15 is 0 Å². The van der Waals surface area contributed by atoms with Crippen LogP contribution in [0.2, 0.25) is 0 Å². The molecule has 0 aliphatic rings. The first-order chi connectivity index (χ1) is 10.8. The summed E-state index contributed by atoms with van der Waals surface area (Å²) in [6.45, 7) is 1.34. The Morgan fingerprint density at radius 3 is 2.95 bits per heavy atom. The minimum absolute atomic E-state index is 0.00974. The maximum absolute atomic E-state index is 13.2. The van der Waals surface area contributed by atoms with Crippen LogP contribution in [0.1, 0.15) is 17.2 Å². The van der Waals surface area contributed by atoms with Gasteiger partial charge in [-0.3, -0.25) is 4.98 Å². The second-order valence-corrected chi connectivity index (χ2v) is 5.32. The molecule has 0 fully saturated rings. The highest BCUT2D eigenvalue weighted by molar-refractivity contribution is 5.80. The van der Waals surface area contributed by atoms with E-state index in [2.05, 4.69) is 15.3 Å². The summed E-state index contributed by atoms with van der Waals surface area (Å²) in [6.07, 6.45) is 3.49. The number of benzene rings is 1. The van der Waals surface area contributed by atoms with Crippen LogP contribution in [0.5, 0.6) is 0 Å². The first-order valence-corrected chi connectivity index (χ1v) is 7.25. The zero-order valence-corrected chi connectivity index (χ0v) is 12.1. The first-order valence-electron chi connectivity index (χ1n) is 7.25. The summed E-state index contributed by atoms with van der Waals surface area (Å²) in [4.78, 5) is 7.27. The minimum Gasteiger partial charge on any atom is -0.396 e. The molecule has 0 bridgehead atoms. The van der Waals surface area contributed by atoms with Gasteiger partial charge in [-0.1, -0.05) is 6.07 Å². The molecule has 3 aromatic rings. The van der Waals surface area contributed by atoms with Crippen LogP contribution >= 0.6 is 0 Å². The number of H-pyrrole nitrogens is 1. The highest BCUT2D eigenvalue weighted by Crippen LogP contribution is 2.17. The number of hydrogen-bond donors (Lipinski definition) is 3. The average molecular weight is 299 g/mol. The van der Waals surface area contributed by atoms with Gasteiger partial charge in [-0.05, 0) is 41.3 Å². The smallest absolute Gasteiger partial charge is 0.125 e. The van der Waals surface area contributed by atoms with Crippen molar-refractivity contribution in [3.8, 4) is 0 Å². The third-order valence-corrected chi connectivity index (χ3v) is 3.72. The Morgan fingerprint density at radius 1 is 1.27 bits per heavy atom. The molecule has 22 heavy (non-hydrogen) atoms. The number of nitrogens with one attached hydrogen (secondary N) is 2. The van der Waals surface area contributed by atoms with Crippen molar-refractivity contribution in [2.24, 2.45) is 0 Å². The van der Waals surface area contributed by atoms with Crippen LogP contribution in [-0.4, -0.2) is 28.2 Å². The van der Waals surface area contributed by atoms with E-state index in [4.69, 9.17) is 0 Å². The van der Waals surface area contributed by atoms with Crippen molar-refractivity contribution in [3.63, 3.8) is 0 Å². The van der Waals surface area contributed by atoms with Crippen molar-refractivity contribution in [3.05, 3.63) is 65.9 Å². The van der Waals surface area contributed by atoms with Gasteiger partial charge in [-0.2, -0.15) is 0 Å². The maximum atomic E-state index is 13.2. The van der Waals surface area contributed by atoms with Crippen LogP contribution in [0.25, 0.3) is 10.9 Å². The van der Waals surface area contributed by atoms with Crippen LogP contribution < -0.4 is 5.32 Å². The van der Waals surface area contributed by atoms with E-state index in [1.807, 2.05) is 18.2 Å². The number of aliphatic hydroxyl groups is 1. The van der Waals surface area contributed by atoms with Crippen LogP contribution in [-0.2, 0) is 6.54 Å². The first kappa shape index (κ1) is 14.7. The highest BCUT2D eigenvalue weighted by atomic mass is 19.1. The lowest BCUT2D eigenvalue weighted by Crippen LogP contribution is -2.23. The van der Waals surface area contributed by atoms with Crippen molar-refractivity contribution in [2.75, 3.05) is 13.2 Å². The normalized spacial score (nSPS) is 12.6. The number of fused-ring (bicyclic) bond motifs is 1. The van der Waals surface area contributed by atoms with E-state index < -0.39 is 0 Å². The molecule has 2 heterocycles. The van der Waals surface area contributed by atoms with Gasteiger partial charge in [0.05, 0.1) is 6.61 Å². The Bertz CT molecular complexity index is 742. The van der Waals surface area contributed by atoms with Crippen molar-refractivity contribution in [2.45, 2.75) is 12.5 Å². The second-order valence-electron chi connectivity index (χ2n) is 5.32. The predicted molar refractivity (Wildman–Crippen MR) is 84.0 cm³/mol. The van der Waals surface area contributed by atoms with E-state index in [0.717, 1.165) is 22.2 Å². The number of halogens is 1. The number of hydrogen-bond acceptors (Lipinski definition) is 3. The number of nitrogens with zero attached hydrogens (tertiary/aromatic N) is 1. The molecule has 0 aliphatic carbocycles. The van der Waals surface area contributed by atoms with Gasteiger partial charge < -0.3 is 15.4 Å². The van der Waals surface area contributed by atoms with Crippen molar-refractivity contribution in [1.29, 1.82) is 0 Å². The van der Waals surface area contributed by atoms with E-state index in [1.165, 1.54) is 12.1 Å². The fourth-order valence-corrected chi connectivity index (χ4v) is 2.54. The predicted octanol–water partition coefficient (Wildman–Crippen LogP) is 2.57. The molecule has 1 unspecified atom stereocenters. The Morgan fingerprint density at radius 2 is 2.18 bits per heavy atom. The molecule has 1 atom stereocenters. The lowest BCUT2D eigenvalue weighted by Gasteiger charge is -2.14. The zero-order valence-electron chi connectivity index (χ0n) is 12.1. The Balaban J connectivity index is 1.61. The summed E-state index contributed by atoms with van der Waals surface area (Å²) >= 11 is 0. The molecular weight excluding hydrogens is 281 g/mol. The number of aliphatic hydroxyl groups excluding tert-OH is 1. The summed E-state index contributed by atoms with van der Waals surface area (Å²) in [5, 5.41) is 13.8. The Labute approximate surface area is 128 Å². The van der Waals surface area contributed by atoms with E-state index in [0.29, 0.717) is 13.1 Å².